The molecule has 0 fully saturated rings. The third-order valence-corrected chi connectivity index (χ3v) is 4.19. The fraction of sp³-hybridized carbons (Fsp3) is 0.200. The molecule has 108 valence electrons. The molecular weight excluding hydrogens is 282 g/mol. The third kappa shape index (κ3) is 2.81. The number of aryl methyl sites for hydroxylation is 2. The van der Waals surface area contributed by atoms with Crippen molar-refractivity contribution in [3.63, 3.8) is 0 Å². The smallest absolute Gasteiger partial charge is 0.240 e. The first-order chi connectivity index (χ1) is 10.2. The van der Waals surface area contributed by atoms with Crippen LogP contribution >= 0.6 is 11.3 Å². The van der Waals surface area contributed by atoms with E-state index in [1.165, 1.54) is 10.4 Å². The van der Waals surface area contributed by atoms with E-state index in [1.807, 2.05) is 12.1 Å². The lowest BCUT2D eigenvalue weighted by Gasteiger charge is -2.09. The van der Waals surface area contributed by atoms with Gasteiger partial charge in [-0.25, -0.2) is 10.8 Å². The molecule has 2 heterocycles. The van der Waals surface area contributed by atoms with Crippen molar-refractivity contribution in [2.45, 2.75) is 20.3 Å². The van der Waals surface area contributed by atoms with Crippen molar-refractivity contribution in [3.05, 3.63) is 40.8 Å². The van der Waals surface area contributed by atoms with Gasteiger partial charge in [0.05, 0.1) is 5.39 Å². The fourth-order valence-corrected chi connectivity index (χ4v) is 3.09. The van der Waals surface area contributed by atoms with E-state index in [-0.39, 0.29) is 0 Å². The highest BCUT2D eigenvalue weighted by Crippen LogP contribution is 2.31. The first-order valence-electron chi connectivity index (χ1n) is 6.80. The van der Waals surface area contributed by atoms with Gasteiger partial charge >= 0.3 is 0 Å². The van der Waals surface area contributed by atoms with Crippen LogP contribution in [-0.4, -0.2) is 9.97 Å². The number of hydrogen-bond donors (Lipinski definition) is 3. The number of hydrazine groups is 1. The van der Waals surface area contributed by atoms with Crippen molar-refractivity contribution in [1.82, 2.24) is 9.97 Å². The van der Waals surface area contributed by atoms with Crippen LogP contribution in [0, 0.1) is 6.92 Å². The molecule has 6 heteroatoms. The number of nitrogen functional groups attached to an aromatic ring is 1. The van der Waals surface area contributed by atoms with Gasteiger partial charge in [0.15, 0.2) is 0 Å². The zero-order valence-electron chi connectivity index (χ0n) is 12.0. The van der Waals surface area contributed by atoms with Gasteiger partial charge in [-0.15, -0.1) is 11.3 Å². The number of nitrogens with one attached hydrogen (secondary N) is 2. The van der Waals surface area contributed by atoms with E-state index in [0.29, 0.717) is 5.95 Å². The highest BCUT2D eigenvalue weighted by molar-refractivity contribution is 7.18. The van der Waals surface area contributed by atoms with E-state index in [4.69, 9.17) is 5.84 Å². The Bertz CT molecular complexity index is 781. The minimum absolute atomic E-state index is 0.415. The first kappa shape index (κ1) is 13.8. The van der Waals surface area contributed by atoms with Crippen LogP contribution < -0.4 is 16.6 Å². The number of nitrogens with two attached hydrogens (primary N) is 1. The number of thiophene rings is 1. The molecule has 0 saturated heterocycles. The molecule has 0 spiro atoms. The zero-order chi connectivity index (χ0) is 14.8. The summed E-state index contributed by atoms with van der Waals surface area (Å²) in [6, 6.07) is 10.4. The number of anilines is 3. The van der Waals surface area contributed by atoms with E-state index in [0.717, 1.165) is 28.1 Å². The standard InChI is InChI=1S/C15H17N5S/c1-3-10-5-4-6-11(8-10)17-13-12-7-9(2)21-14(12)19-15(18-13)20-16/h4-8H,3,16H2,1-2H3,(H2,17,18,19,20). The molecule has 3 aromatic rings. The Labute approximate surface area is 127 Å². The van der Waals surface area contributed by atoms with Gasteiger partial charge < -0.3 is 5.32 Å². The summed E-state index contributed by atoms with van der Waals surface area (Å²) >= 11 is 1.63. The average molecular weight is 299 g/mol. The number of aromatic nitrogens is 2. The predicted molar refractivity (Wildman–Crippen MR) is 89.1 cm³/mol. The van der Waals surface area contributed by atoms with E-state index < -0.39 is 0 Å². The summed E-state index contributed by atoms with van der Waals surface area (Å²) < 4.78 is 0. The molecule has 0 unspecified atom stereocenters. The maximum atomic E-state index is 5.46. The first-order valence-corrected chi connectivity index (χ1v) is 7.62. The number of fused-ring (bicyclic) bond motifs is 1. The molecule has 0 aliphatic carbocycles. The molecule has 0 bridgehead atoms. The maximum absolute atomic E-state index is 5.46. The summed E-state index contributed by atoms with van der Waals surface area (Å²) in [5.41, 5.74) is 4.82. The lowest BCUT2D eigenvalue weighted by Crippen LogP contribution is -2.11. The molecule has 0 radical (unpaired) electrons. The highest BCUT2D eigenvalue weighted by Gasteiger charge is 2.10. The molecule has 0 saturated carbocycles. The van der Waals surface area contributed by atoms with Gasteiger partial charge in [0.25, 0.3) is 0 Å². The Morgan fingerprint density at radius 3 is 2.86 bits per heavy atom. The van der Waals surface area contributed by atoms with Crippen molar-refractivity contribution >= 4 is 39.0 Å². The summed E-state index contributed by atoms with van der Waals surface area (Å²) in [5.74, 6) is 6.64. The second kappa shape index (κ2) is 5.67. The van der Waals surface area contributed by atoms with Crippen molar-refractivity contribution in [2.24, 2.45) is 5.84 Å². The van der Waals surface area contributed by atoms with Gasteiger partial charge in [-0.1, -0.05) is 19.1 Å². The lowest BCUT2D eigenvalue weighted by atomic mass is 10.1. The molecule has 1 aromatic carbocycles. The minimum Gasteiger partial charge on any atom is -0.340 e. The minimum atomic E-state index is 0.415. The molecule has 3 rings (SSSR count). The third-order valence-electron chi connectivity index (χ3n) is 3.24. The Hall–Kier alpha value is -2.18. The van der Waals surface area contributed by atoms with Crippen LogP contribution in [0.25, 0.3) is 10.2 Å². The van der Waals surface area contributed by atoms with Crippen LogP contribution in [0.1, 0.15) is 17.4 Å². The maximum Gasteiger partial charge on any atom is 0.240 e. The number of hydrogen-bond acceptors (Lipinski definition) is 6. The van der Waals surface area contributed by atoms with Crippen molar-refractivity contribution < 1.29 is 0 Å². The Morgan fingerprint density at radius 2 is 2.10 bits per heavy atom. The second-order valence-corrected chi connectivity index (χ2v) is 6.03. The largest absolute Gasteiger partial charge is 0.340 e. The van der Waals surface area contributed by atoms with Crippen LogP contribution in [0.3, 0.4) is 0 Å². The van der Waals surface area contributed by atoms with Crippen LogP contribution in [0.15, 0.2) is 30.3 Å². The van der Waals surface area contributed by atoms with Crippen LogP contribution in [-0.2, 0) is 6.42 Å². The van der Waals surface area contributed by atoms with Gasteiger partial charge in [0.1, 0.15) is 10.6 Å². The molecule has 0 atom stereocenters. The van der Waals surface area contributed by atoms with Crippen LogP contribution in [0.2, 0.25) is 0 Å². The highest BCUT2D eigenvalue weighted by atomic mass is 32.1. The molecule has 0 aliphatic heterocycles. The van der Waals surface area contributed by atoms with E-state index in [2.05, 4.69) is 52.8 Å². The van der Waals surface area contributed by atoms with Crippen molar-refractivity contribution in [3.8, 4) is 0 Å². The summed E-state index contributed by atoms with van der Waals surface area (Å²) in [5, 5.41) is 4.38. The quantitative estimate of drug-likeness (QED) is 0.507. The van der Waals surface area contributed by atoms with Crippen LogP contribution in [0.5, 0.6) is 0 Å². The average Bonchev–Trinajstić information content (AvgIpc) is 2.88. The zero-order valence-corrected chi connectivity index (χ0v) is 12.8. The van der Waals surface area contributed by atoms with Crippen molar-refractivity contribution in [2.75, 3.05) is 10.7 Å². The van der Waals surface area contributed by atoms with E-state index in [1.54, 1.807) is 11.3 Å². The number of benzene rings is 1. The van der Waals surface area contributed by atoms with Crippen LogP contribution in [0.4, 0.5) is 17.5 Å². The Balaban J connectivity index is 2.05. The number of nitrogens with zero attached hydrogens (tertiary/aromatic N) is 2. The number of rotatable bonds is 4. The molecule has 0 amide bonds. The summed E-state index contributed by atoms with van der Waals surface area (Å²) in [7, 11) is 0. The monoisotopic (exact) mass is 299 g/mol. The normalized spacial score (nSPS) is 10.8. The van der Waals surface area contributed by atoms with E-state index in [9.17, 15) is 0 Å². The SMILES string of the molecule is CCc1cccc(Nc2nc(NN)nc3sc(C)cc23)c1. The topological polar surface area (TPSA) is 75.9 Å². The van der Waals surface area contributed by atoms with Gasteiger partial charge in [-0.05, 0) is 37.1 Å². The van der Waals surface area contributed by atoms with Gasteiger partial charge in [-0.2, -0.15) is 4.98 Å². The molecule has 2 aromatic heterocycles. The van der Waals surface area contributed by atoms with Gasteiger partial charge in [0, 0.05) is 10.6 Å². The predicted octanol–water partition coefficient (Wildman–Crippen LogP) is 3.59. The molecule has 5 nitrogen and oxygen atoms in total. The summed E-state index contributed by atoms with van der Waals surface area (Å²) in [6.45, 7) is 4.20. The fourth-order valence-electron chi connectivity index (χ4n) is 2.21. The molecule has 0 aliphatic rings. The molecular formula is C15H17N5S. The second-order valence-electron chi connectivity index (χ2n) is 4.79. The van der Waals surface area contributed by atoms with Crippen molar-refractivity contribution in [1.29, 1.82) is 0 Å². The molecule has 4 N–H and O–H groups in total. The Morgan fingerprint density at radius 1 is 1.24 bits per heavy atom. The molecule has 21 heavy (non-hydrogen) atoms. The Kier molecular flexibility index (Phi) is 3.72. The van der Waals surface area contributed by atoms with Gasteiger partial charge in [0.2, 0.25) is 5.95 Å². The van der Waals surface area contributed by atoms with E-state index >= 15 is 0 Å². The lowest BCUT2D eigenvalue weighted by molar-refractivity contribution is 1.14. The summed E-state index contributed by atoms with van der Waals surface area (Å²) in [6.07, 6.45) is 1.00. The summed E-state index contributed by atoms with van der Waals surface area (Å²) in [4.78, 5) is 10.9. The van der Waals surface area contributed by atoms with Gasteiger partial charge in [-0.3, -0.25) is 5.43 Å².